The molecule has 0 saturated carbocycles. The standard InChI is InChI=1S/C26H20IN3O8/c1-3-37-23-12-15(11-20(27)24(23)38-26(33)16-4-7-19(36-2)8-5-16)10-17(14-28)25(32)29-21-9-6-18(30(34)35)13-22(21)31/h4-13,31H,3H2,1-2H3,(H,29,32)/b17-10+. The molecular formula is C26H20IN3O8. The first-order valence-corrected chi connectivity index (χ1v) is 12.0. The van der Waals surface area contributed by atoms with E-state index in [-0.39, 0.29) is 35.1 Å². The third-order valence-electron chi connectivity index (χ3n) is 4.97. The van der Waals surface area contributed by atoms with Gasteiger partial charge >= 0.3 is 5.97 Å². The lowest BCUT2D eigenvalue weighted by atomic mass is 10.1. The molecule has 0 aliphatic carbocycles. The van der Waals surface area contributed by atoms with Gasteiger partial charge in [-0.25, -0.2) is 4.79 Å². The van der Waals surface area contributed by atoms with Gasteiger partial charge in [0, 0.05) is 6.07 Å². The van der Waals surface area contributed by atoms with E-state index in [4.69, 9.17) is 14.2 Å². The maximum absolute atomic E-state index is 12.7. The van der Waals surface area contributed by atoms with Crippen molar-refractivity contribution in [2.24, 2.45) is 0 Å². The van der Waals surface area contributed by atoms with Crippen LogP contribution in [-0.4, -0.2) is 35.6 Å². The third-order valence-corrected chi connectivity index (χ3v) is 5.77. The van der Waals surface area contributed by atoms with Crippen LogP contribution in [0.15, 0.2) is 60.2 Å². The minimum absolute atomic E-state index is 0.105. The summed E-state index contributed by atoms with van der Waals surface area (Å²) in [6, 6.07) is 14.4. The molecule has 0 bridgehead atoms. The van der Waals surface area contributed by atoms with Crippen LogP contribution in [0.4, 0.5) is 11.4 Å². The number of nitro benzene ring substituents is 1. The number of hydrogen-bond acceptors (Lipinski definition) is 9. The molecule has 0 aliphatic rings. The molecule has 0 heterocycles. The monoisotopic (exact) mass is 629 g/mol. The second kappa shape index (κ2) is 12.5. The van der Waals surface area contributed by atoms with Gasteiger partial charge in [-0.3, -0.25) is 14.9 Å². The van der Waals surface area contributed by atoms with Crippen LogP contribution < -0.4 is 19.5 Å². The van der Waals surface area contributed by atoms with Crippen molar-refractivity contribution in [1.29, 1.82) is 5.26 Å². The van der Waals surface area contributed by atoms with Gasteiger partial charge in [0.15, 0.2) is 11.5 Å². The molecule has 12 heteroatoms. The Morgan fingerprint density at radius 2 is 1.89 bits per heavy atom. The smallest absolute Gasteiger partial charge is 0.343 e. The SMILES string of the molecule is CCOc1cc(/C=C(\C#N)C(=O)Nc2ccc([N+](=O)[O-])cc2O)cc(I)c1OC(=O)c1ccc(OC)cc1. The molecule has 0 fully saturated rings. The Labute approximate surface area is 230 Å². The Balaban J connectivity index is 1.87. The van der Waals surface area contributed by atoms with E-state index in [1.807, 2.05) is 22.6 Å². The maximum Gasteiger partial charge on any atom is 0.343 e. The highest BCUT2D eigenvalue weighted by Gasteiger charge is 2.19. The molecule has 0 unspecified atom stereocenters. The molecule has 0 radical (unpaired) electrons. The average molecular weight is 629 g/mol. The lowest BCUT2D eigenvalue weighted by Crippen LogP contribution is -2.13. The molecule has 3 aromatic rings. The Morgan fingerprint density at radius 1 is 1.18 bits per heavy atom. The van der Waals surface area contributed by atoms with Gasteiger partial charge in [0.2, 0.25) is 0 Å². The fraction of sp³-hybridized carbons (Fsp3) is 0.115. The zero-order valence-electron chi connectivity index (χ0n) is 20.1. The lowest BCUT2D eigenvalue weighted by Gasteiger charge is -2.14. The molecule has 0 atom stereocenters. The normalized spacial score (nSPS) is 10.7. The van der Waals surface area contributed by atoms with Gasteiger partial charge in [-0.15, -0.1) is 0 Å². The fourth-order valence-electron chi connectivity index (χ4n) is 3.16. The predicted octanol–water partition coefficient (Wildman–Crippen LogP) is 5.08. The first kappa shape index (κ1) is 27.9. The zero-order valence-corrected chi connectivity index (χ0v) is 22.2. The summed E-state index contributed by atoms with van der Waals surface area (Å²) < 4.78 is 16.8. The first-order valence-electron chi connectivity index (χ1n) is 10.9. The van der Waals surface area contributed by atoms with E-state index in [2.05, 4.69) is 5.32 Å². The molecule has 1 amide bonds. The van der Waals surface area contributed by atoms with Crippen molar-refractivity contribution in [3.63, 3.8) is 0 Å². The third kappa shape index (κ3) is 6.77. The van der Waals surface area contributed by atoms with Crippen LogP contribution in [0.3, 0.4) is 0 Å². The number of aromatic hydroxyl groups is 1. The summed E-state index contributed by atoms with van der Waals surface area (Å²) in [5.41, 5.74) is -0.0777. The van der Waals surface area contributed by atoms with Gasteiger partial charge in [0.05, 0.1) is 39.5 Å². The van der Waals surface area contributed by atoms with Crippen molar-refractivity contribution in [2.75, 3.05) is 19.0 Å². The number of nitrogens with zero attached hydrogens (tertiary/aromatic N) is 2. The summed E-state index contributed by atoms with van der Waals surface area (Å²) >= 11 is 1.94. The van der Waals surface area contributed by atoms with Crippen LogP contribution in [0.2, 0.25) is 0 Å². The Kier molecular flexibility index (Phi) is 9.23. The minimum atomic E-state index is -0.848. The minimum Gasteiger partial charge on any atom is -0.506 e. The Morgan fingerprint density at radius 3 is 2.47 bits per heavy atom. The number of anilines is 1. The molecule has 0 saturated heterocycles. The highest BCUT2D eigenvalue weighted by Crippen LogP contribution is 2.36. The van der Waals surface area contributed by atoms with Crippen molar-refractivity contribution in [1.82, 2.24) is 0 Å². The van der Waals surface area contributed by atoms with Crippen LogP contribution in [0, 0.1) is 25.0 Å². The van der Waals surface area contributed by atoms with Crippen LogP contribution >= 0.6 is 22.6 Å². The average Bonchev–Trinajstić information content (AvgIpc) is 2.90. The van der Waals surface area contributed by atoms with Crippen LogP contribution in [0.5, 0.6) is 23.0 Å². The summed E-state index contributed by atoms with van der Waals surface area (Å²) in [7, 11) is 1.51. The van der Waals surface area contributed by atoms with Crippen molar-refractivity contribution in [3.8, 4) is 29.1 Å². The number of esters is 1. The summed E-state index contributed by atoms with van der Waals surface area (Å²) in [6.07, 6.45) is 1.29. The number of phenols is 1. The van der Waals surface area contributed by atoms with Gasteiger partial charge in [-0.05, 0) is 83.6 Å². The van der Waals surface area contributed by atoms with Gasteiger partial charge < -0.3 is 24.6 Å². The number of methoxy groups -OCH3 is 1. The highest BCUT2D eigenvalue weighted by molar-refractivity contribution is 14.1. The number of amides is 1. The van der Waals surface area contributed by atoms with Gasteiger partial charge in [0.25, 0.3) is 11.6 Å². The van der Waals surface area contributed by atoms with Gasteiger partial charge in [-0.2, -0.15) is 5.26 Å². The molecule has 3 rings (SSSR count). The van der Waals surface area contributed by atoms with E-state index in [0.717, 1.165) is 18.2 Å². The number of carbonyl (C=O) groups excluding carboxylic acids is 2. The van der Waals surface area contributed by atoms with Crippen molar-refractivity contribution >= 4 is 51.9 Å². The second-order valence-corrected chi connectivity index (χ2v) is 8.63. The Bertz CT molecular complexity index is 1460. The van der Waals surface area contributed by atoms with E-state index in [1.54, 1.807) is 43.3 Å². The largest absolute Gasteiger partial charge is 0.506 e. The van der Waals surface area contributed by atoms with Gasteiger partial charge in [-0.1, -0.05) is 0 Å². The van der Waals surface area contributed by atoms with Crippen LogP contribution in [-0.2, 0) is 4.79 Å². The zero-order chi connectivity index (χ0) is 27.8. The number of carbonyl (C=O) groups is 2. The molecule has 0 spiro atoms. The number of benzene rings is 3. The number of hydrogen-bond donors (Lipinski definition) is 2. The van der Waals surface area contributed by atoms with Crippen molar-refractivity contribution in [3.05, 3.63) is 85.0 Å². The number of rotatable bonds is 9. The first-order chi connectivity index (χ1) is 18.2. The van der Waals surface area contributed by atoms with E-state index >= 15 is 0 Å². The molecule has 2 N–H and O–H groups in total. The number of nitro groups is 1. The van der Waals surface area contributed by atoms with Crippen LogP contribution in [0.1, 0.15) is 22.8 Å². The second-order valence-electron chi connectivity index (χ2n) is 7.46. The van der Waals surface area contributed by atoms with E-state index in [1.165, 1.54) is 19.3 Å². The molecular weight excluding hydrogens is 609 g/mol. The van der Waals surface area contributed by atoms with E-state index in [9.17, 15) is 30.1 Å². The predicted molar refractivity (Wildman–Crippen MR) is 145 cm³/mol. The quantitative estimate of drug-likeness (QED) is 0.0481. The van der Waals surface area contributed by atoms with E-state index < -0.39 is 22.5 Å². The summed E-state index contributed by atoms with van der Waals surface area (Å²) in [6.45, 7) is 2.00. The van der Waals surface area contributed by atoms with Crippen LogP contribution in [0.25, 0.3) is 6.08 Å². The lowest BCUT2D eigenvalue weighted by molar-refractivity contribution is -0.384. The highest BCUT2D eigenvalue weighted by atomic mass is 127. The molecule has 3 aromatic carbocycles. The van der Waals surface area contributed by atoms with Gasteiger partial charge in [0.1, 0.15) is 23.1 Å². The molecule has 11 nitrogen and oxygen atoms in total. The molecule has 194 valence electrons. The van der Waals surface area contributed by atoms with E-state index in [0.29, 0.717) is 20.4 Å². The number of halogens is 1. The number of non-ortho nitro benzene ring substituents is 1. The number of nitrogens with one attached hydrogen (secondary N) is 1. The summed E-state index contributed by atoms with van der Waals surface area (Å²) in [5, 5.41) is 32.7. The molecule has 0 aliphatic heterocycles. The summed E-state index contributed by atoms with van der Waals surface area (Å²) in [5.74, 6) is -1.01. The Hall–Kier alpha value is -4.64. The van der Waals surface area contributed by atoms with Crippen molar-refractivity contribution in [2.45, 2.75) is 6.92 Å². The maximum atomic E-state index is 12.7. The molecule has 0 aromatic heterocycles. The number of ether oxygens (including phenoxy) is 3. The topological polar surface area (TPSA) is 161 Å². The number of phenolic OH excluding ortho intramolecular Hbond substituents is 1. The fourth-order valence-corrected chi connectivity index (χ4v) is 3.89. The summed E-state index contributed by atoms with van der Waals surface area (Å²) in [4.78, 5) is 35.5. The number of nitriles is 1. The van der Waals surface area contributed by atoms with Crippen molar-refractivity contribution < 1.29 is 33.8 Å². The molecule has 38 heavy (non-hydrogen) atoms.